The molecule has 0 aliphatic heterocycles. The molecule has 0 spiro atoms. The van der Waals surface area contributed by atoms with Crippen LogP contribution in [-0.2, 0) is 4.79 Å². The minimum Gasteiger partial charge on any atom is -0.369 e. The van der Waals surface area contributed by atoms with Crippen molar-refractivity contribution >= 4 is 5.91 Å². The van der Waals surface area contributed by atoms with Gasteiger partial charge in [-0.2, -0.15) is 13.2 Å². The highest BCUT2D eigenvalue weighted by Gasteiger charge is 2.33. The number of carbonyl (C=O) groups excluding carboxylic acids is 1. The van der Waals surface area contributed by atoms with Crippen LogP contribution in [0, 0.1) is 5.92 Å². The molecule has 1 amide bonds. The van der Waals surface area contributed by atoms with Crippen LogP contribution < -0.4 is 11.5 Å². The van der Waals surface area contributed by atoms with Crippen LogP contribution >= 0.6 is 0 Å². The van der Waals surface area contributed by atoms with Crippen LogP contribution in [0.1, 0.15) is 6.42 Å². The monoisotopic (exact) mass is 170 g/mol. The molecule has 0 fully saturated rings. The normalized spacial score (nSPS) is 14.5. The fourth-order valence-electron chi connectivity index (χ4n) is 0.579. The van der Waals surface area contributed by atoms with E-state index in [-0.39, 0.29) is 6.54 Å². The number of carbonyl (C=O) groups is 1. The predicted octanol–water partition coefficient (Wildman–Crippen LogP) is -0.00100. The molecular weight excluding hydrogens is 161 g/mol. The van der Waals surface area contributed by atoms with Crippen molar-refractivity contribution in [3.8, 4) is 0 Å². The quantitative estimate of drug-likeness (QED) is 0.625. The second kappa shape index (κ2) is 3.56. The molecule has 3 nitrogen and oxygen atoms in total. The maximum atomic E-state index is 11.6. The summed E-state index contributed by atoms with van der Waals surface area (Å²) in [6.07, 6.45) is -5.61. The number of primary amides is 1. The smallest absolute Gasteiger partial charge is 0.369 e. The molecule has 0 aromatic rings. The van der Waals surface area contributed by atoms with Crippen molar-refractivity contribution in [3.63, 3.8) is 0 Å². The fraction of sp³-hybridized carbons (Fsp3) is 0.800. The molecule has 66 valence electrons. The molecule has 0 heterocycles. The summed E-state index contributed by atoms with van der Waals surface area (Å²) in [7, 11) is 0. The van der Waals surface area contributed by atoms with Gasteiger partial charge >= 0.3 is 6.18 Å². The zero-order chi connectivity index (χ0) is 9.07. The van der Waals surface area contributed by atoms with Crippen molar-refractivity contribution in [2.24, 2.45) is 17.4 Å². The van der Waals surface area contributed by atoms with Crippen LogP contribution in [0.15, 0.2) is 0 Å². The SMILES string of the molecule is NCC(CC(F)(F)F)C(N)=O. The number of amides is 1. The van der Waals surface area contributed by atoms with Crippen molar-refractivity contribution in [3.05, 3.63) is 0 Å². The molecule has 0 bridgehead atoms. The lowest BCUT2D eigenvalue weighted by molar-refractivity contribution is -0.152. The zero-order valence-electron chi connectivity index (χ0n) is 5.69. The van der Waals surface area contributed by atoms with E-state index in [2.05, 4.69) is 5.73 Å². The number of alkyl halides is 3. The Balaban J connectivity index is 3.99. The van der Waals surface area contributed by atoms with E-state index >= 15 is 0 Å². The van der Waals surface area contributed by atoms with Crippen molar-refractivity contribution < 1.29 is 18.0 Å². The molecule has 1 atom stereocenters. The van der Waals surface area contributed by atoms with Gasteiger partial charge in [-0.15, -0.1) is 0 Å². The Morgan fingerprint density at radius 1 is 1.45 bits per heavy atom. The Labute approximate surface area is 61.5 Å². The largest absolute Gasteiger partial charge is 0.389 e. The first kappa shape index (κ1) is 10.2. The Morgan fingerprint density at radius 2 is 1.91 bits per heavy atom. The van der Waals surface area contributed by atoms with E-state index in [1.165, 1.54) is 0 Å². The van der Waals surface area contributed by atoms with Gasteiger partial charge in [0.2, 0.25) is 5.91 Å². The van der Waals surface area contributed by atoms with E-state index in [1.54, 1.807) is 0 Å². The van der Waals surface area contributed by atoms with E-state index in [4.69, 9.17) is 5.73 Å². The molecule has 0 aliphatic carbocycles. The average Bonchev–Trinajstić information content (AvgIpc) is 1.80. The highest BCUT2D eigenvalue weighted by Crippen LogP contribution is 2.23. The van der Waals surface area contributed by atoms with E-state index in [0.717, 1.165) is 0 Å². The predicted molar refractivity (Wildman–Crippen MR) is 32.4 cm³/mol. The molecule has 1 unspecified atom stereocenters. The van der Waals surface area contributed by atoms with Gasteiger partial charge in [-0.1, -0.05) is 0 Å². The molecule has 0 saturated carbocycles. The van der Waals surface area contributed by atoms with Crippen LogP contribution in [0.25, 0.3) is 0 Å². The summed E-state index contributed by atoms with van der Waals surface area (Å²) >= 11 is 0. The third kappa shape index (κ3) is 4.60. The molecule has 0 radical (unpaired) electrons. The minimum absolute atomic E-state index is 0.366. The van der Waals surface area contributed by atoms with Gasteiger partial charge in [0.05, 0.1) is 12.3 Å². The third-order valence-electron chi connectivity index (χ3n) is 1.16. The van der Waals surface area contributed by atoms with Crippen molar-refractivity contribution in [2.75, 3.05) is 6.54 Å². The standard InChI is InChI=1S/C5H9F3N2O/c6-5(7,8)1-3(2-9)4(10)11/h3H,1-2,9H2,(H2,10,11). The van der Waals surface area contributed by atoms with Gasteiger partial charge in [-0.25, -0.2) is 0 Å². The van der Waals surface area contributed by atoms with E-state index < -0.39 is 24.4 Å². The van der Waals surface area contributed by atoms with Crippen LogP contribution in [0.4, 0.5) is 13.2 Å². The Morgan fingerprint density at radius 3 is 2.00 bits per heavy atom. The number of hydrogen-bond donors (Lipinski definition) is 2. The molecule has 11 heavy (non-hydrogen) atoms. The molecule has 0 aromatic heterocycles. The van der Waals surface area contributed by atoms with Gasteiger partial charge in [0.15, 0.2) is 0 Å². The highest BCUT2D eigenvalue weighted by atomic mass is 19.4. The maximum absolute atomic E-state index is 11.6. The lowest BCUT2D eigenvalue weighted by atomic mass is 10.1. The second-order valence-electron chi connectivity index (χ2n) is 2.15. The Kier molecular flexibility index (Phi) is 3.31. The number of halogens is 3. The first-order valence-electron chi connectivity index (χ1n) is 2.93. The van der Waals surface area contributed by atoms with E-state index in [0.29, 0.717) is 0 Å². The van der Waals surface area contributed by atoms with Gasteiger partial charge in [0.1, 0.15) is 0 Å². The number of rotatable bonds is 3. The summed E-state index contributed by atoms with van der Waals surface area (Å²) in [4.78, 5) is 10.3. The molecule has 0 aliphatic rings. The molecule has 0 saturated heterocycles. The first-order valence-corrected chi connectivity index (χ1v) is 2.93. The topological polar surface area (TPSA) is 69.1 Å². The van der Waals surface area contributed by atoms with Gasteiger partial charge in [0.25, 0.3) is 0 Å². The highest BCUT2D eigenvalue weighted by molar-refractivity contribution is 5.76. The van der Waals surface area contributed by atoms with Crippen LogP contribution in [-0.4, -0.2) is 18.6 Å². The first-order chi connectivity index (χ1) is 4.87. The molecule has 0 rings (SSSR count). The van der Waals surface area contributed by atoms with Crippen molar-refractivity contribution in [1.29, 1.82) is 0 Å². The summed E-state index contributed by atoms with van der Waals surface area (Å²) in [5.74, 6) is -2.31. The van der Waals surface area contributed by atoms with Crippen LogP contribution in [0.5, 0.6) is 0 Å². The molecule has 4 N–H and O–H groups in total. The Hall–Kier alpha value is -0.780. The van der Waals surface area contributed by atoms with Gasteiger partial charge in [0, 0.05) is 6.54 Å². The molecular formula is C5H9F3N2O. The summed E-state index contributed by atoms with van der Waals surface area (Å²) < 4.78 is 34.8. The third-order valence-corrected chi connectivity index (χ3v) is 1.16. The van der Waals surface area contributed by atoms with Crippen LogP contribution in [0.2, 0.25) is 0 Å². The maximum Gasteiger partial charge on any atom is 0.389 e. The summed E-state index contributed by atoms with van der Waals surface area (Å²) in [6.45, 7) is -0.366. The van der Waals surface area contributed by atoms with Crippen molar-refractivity contribution in [1.82, 2.24) is 0 Å². The summed E-state index contributed by atoms with van der Waals surface area (Å²) in [5.41, 5.74) is 9.52. The lowest BCUT2D eigenvalue weighted by Crippen LogP contribution is -2.33. The van der Waals surface area contributed by atoms with Gasteiger partial charge < -0.3 is 11.5 Å². The molecule has 0 aromatic carbocycles. The fourth-order valence-corrected chi connectivity index (χ4v) is 0.579. The zero-order valence-corrected chi connectivity index (χ0v) is 5.69. The molecule has 6 heteroatoms. The lowest BCUT2D eigenvalue weighted by Gasteiger charge is -2.12. The van der Waals surface area contributed by atoms with E-state index in [9.17, 15) is 18.0 Å². The van der Waals surface area contributed by atoms with Crippen molar-refractivity contribution in [2.45, 2.75) is 12.6 Å². The van der Waals surface area contributed by atoms with Gasteiger partial charge in [-0.05, 0) is 0 Å². The number of hydrogen-bond acceptors (Lipinski definition) is 2. The number of nitrogens with two attached hydrogens (primary N) is 2. The van der Waals surface area contributed by atoms with E-state index in [1.807, 2.05) is 0 Å². The Bertz CT molecular complexity index is 145. The summed E-state index contributed by atoms with van der Waals surface area (Å²) in [5, 5.41) is 0. The summed E-state index contributed by atoms with van der Waals surface area (Å²) in [6, 6.07) is 0. The van der Waals surface area contributed by atoms with Gasteiger partial charge in [-0.3, -0.25) is 4.79 Å². The average molecular weight is 170 g/mol. The van der Waals surface area contributed by atoms with Crippen LogP contribution in [0.3, 0.4) is 0 Å². The minimum atomic E-state index is -4.38. The second-order valence-corrected chi connectivity index (χ2v) is 2.15.